The van der Waals surface area contributed by atoms with Gasteiger partial charge in [0.1, 0.15) is 17.9 Å². The maximum absolute atomic E-state index is 13.0. The zero-order valence-corrected chi connectivity index (χ0v) is 25.1. The van der Waals surface area contributed by atoms with Gasteiger partial charge in [0.2, 0.25) is 5.91 Å². The fourth-order valence-corrected chi connectivity index (χ4v) is 4.36. The van der Waals surface area contributed by atoms with Gasteiger partial charge in [0.15, 0.2) is 0 Å². The third-order valence-electron chi connectivity index (χ3n) is 6.52. The number of nitrogens with one attached hydrogen (secondary N) is 2. The van der Waals surface area contributed by atoms with Gasteiger partial charge < -0.3 is 24.8 Å². The molecule has 0 saturated heterocycles. The summed E-state index contributed by atoms with van der Waals surface area (Å²) in [5, 5.41) is 7.36. The van der Waals surface area contributed by atoms with Crippen LogP contribution in [0.4, 0.5) is 17.2 Å². The topological polar surface area (TPSA) is 132 Å². The van der Waals surface area contributed by atoms with Crippen LogP contribution in [0.1, 0.15) is 33.1 Å². The molecule has 0 atom stereocenters. The van der Waals surface area contributed by atoms with Gasteiger partial charge in [-0.25, -0.2) is 9.97 Å². The largest absolute Gasteiger partial charge is 0.491 e. The van der Waals surface area contributed by atoms with E-state index in [0.29, 0.717) is 51.4 Å². The van der Waals surface area contributed by atoms with Crippen molar-refractivity contribution >= 4 is 57.5 Å². The zero-order chi connectivity index (χ0) is 30.6. The molecule has 2 aromatic carbocycles. The van der Waals surface area contributed by atoms with Gasteiger partial charge in [0, 0.05) is 30.6 Å². The zero-order valence-electron chi connectivity index (χ0n) is 24.3. The molecule has 1 saturated carbocycles. The maximum atomic E-state index is 13.0. The molecule has 1 aliphatic carbocycles. The highest BCUT2D eigenvalue weighted by Crippen LogP contribution is 2.36. The Hall–Kier alpha value is -4.22. The Morgan fingerprint density at radius 1 is 1.05 bits per heavy atom. The molecule has 1 aliphatic rings. The first kappa shape index (κ1) is 31.7. The molecule has 4 rings (SSSR count). The molecule has 0 bridgehead atoms. The highest BCUT2D eigenvalue weighted by atomic mass is 35.5. The molecule has 1 heterocycles. The van der Waals surface area contributed by atoms with Crippen LogP contribution in [0.2, 0.25) is 5.02 Å². The standard InChI is InChI=1S/C31H36ClN5O6/c1-3-41-29(39)13-15-37(18-30(40)42-4-2)14-7-10-28(38)35-26-16-22-25(17-27(26)43-19-21-11-12-21)33-20-34-31(22)36-24-9-6-5-8-23(24)32/h5-10,16-17,20-21H,3-4,11-15,18-19H2,1-2H3,(H,35,38)(H,33,34,36). The predicted molar refractivity (Wildman–Crippen MR) is 165 cm³/mol. The molecule has 12 heteroatoms. The quantitative estimate of drug-likeness (QED) is 0.166. The Labute approximate surface area is 255 Å². The number of nitrogens with zero attached hydrogens (tertiary/aromatic N) is 3. The number of hydrogen-bond donors (Lipinski definition) is 2. The van der Waals surface area contributed by atoms with Crippen LogP contribution in [0.3, 0.4) is 0 Å². The summed E-state index contributed by atoms with van der Waals surface area (Å²) in [7, 11) is 0. The lowest BCUT2D eigenvalue weighted by Gasteiger charge is -2.19. The smallest absolute Gasteiger partial charge is 0.320 e. The summed E-state index contributed by atoms with van der Waals surface area (Å²) in [6.45, 7) is 5.03. The van der Waals surface area contributed by atoms with E-state index in [-0.39, 0.29) is 45.2 Å². The van der Waals surface area contributed by atoms with E-state index >= 15 is 0 Å². The van der Waals surface area contributed by atoms with Crippen molar-refractivity contribution in [3.05, 3.63) is 59.9 Å². The van der Waals surface area contributed by atoms with E-state index in [4.69, 9.17) is 25.8 Å². The average molecular weight is 610 g/mol. The van der Waals surface area contributed by atoms with Crippen molar-refractivity contribution in [1.29, 1.82) is 0 Å². The van der Waals surface area contributed by atoms with Gasteiger partial charge in [-0.05, 0) is 50.8 Å². The van der Waals surface area contributed by atoms with Crippen molar-refractivity contribution in [1.82, 2.24) is 14.9 Å². The lowest BCUT2D eigenvalue weighted by molar-refractivity contribution is -0.147. The average Bonchev–Trinajstić information content (AvgIpc) is 3.81. The fraction of sp³-hybridized carbons (Fsp3) is 0.387. The second-order valence-corrected chi connectivity index (χ2v) is 10.3. The lowest BCUT2D eigenvalue weighted by Crippen LogP contribution is -2.33. The number of amides is 1. The monoisotopic (exact) mass is 609 g/mol. The van der Waals surface area contributed by atoms with Gasteiger partial charge in [0.05, 0.1) is 54.7 Å². The van der Waals surface area contributed by atoms with E-state index in [2.05, 4.69) is 20.6 Å². The highest BCUT2D eigenvalue weighted by Gasteiger charge is 2.23. The van der Waals surface area contributed by atoms with Crippen LogP contribution >= 0.6 is 11.6 Å². The molecule has 0 spiro atoms. The normalized spacial score (nSPS) is 12.8. The minimum Gasteiger partial charge on any atom is -0.491 e. The van der Waals surface area contributed by atoms with Crippen LogP contribution in [0.25, 0.3) is 10.9 Å². The van der Waals surface area contributed by atoms with Crippen LogP contribution in [-0.2, 0) is 23.9 Å². The van der Waals surface area contributed by atoms with E-state index in [9.17, 15) is 14.4 Å². The fourth-order valence-electron chi connectivity index (χ4n) is 4.17. The van der Waals surface area contributed by atoms with Crippen LogP contribution in [0.5, 0.6) is 5.75 Å². The number of carbonyl (C=O) groups excluding carboxylic acids is 3. The maximum Gasteiger partial charge on any atom is 0.320 e. The predicted octanol–water partition coefficient (Wildman–Crippen LogP) is 5.13. The molecular formula is C31H36ClN5O6. The Morgan fingerprint density at radius 3 is 2.56 bits per heavy atom. The minimum absolute atomic E-state index is 0.0236. The molecule has 228 valence electrons. The molecule has 1 fully saturated rings. The number of benzene rings is 2. The first-order valence-corrected chi connectivity index (χ1v) is 14.7. The number of ether oxygens (including phenoxy) is 3. The summed E-state index contributed by atoms with van der Waals surface area (Å²) < 4.78 is 16.1. The van der Waals surface area contributed by atoms with E-state index in [1.54, 1.807) is 43.0 Å². The van der Waals surface area contributed by atoms with Crippen LogP contribution in [0, 0.1) is 5.92 Å². The third-order valence-corrected chi connectivity index (χ3v) is 6.85. The summed E-state index contributed by atoms with van der Waals surface area (Å²) in [6.07, 6.45) is 6.80. The summed E-state index contributed by atoms with van der Waals surface area (Å²) in [4.78, 5) is 47.4. The van der Waals surface area contributed by atoms with Gasteiger partial charge in [-0.15, -0.1) is 0 Å². The Morgan fingerprint density at radius 2 is 1.81 bits per heavy atom. The SMILES string of the molecule is CCOC(=O)CCN(CC=CC(=O)Nc1cc2c(Nc3ccccc3Cl)ncnc2cc1OCC1CC1)CC(=O)OCC. The summed E-state index contributed by atoms with van der Waals surface area (Å²) in [6, 6.07) is 10.9. The second kappa shape index (κ2) is 15.9. The van der Waals surface area contributed by atoms with E-state index < -0.39 is 11.9 Å². The third kappa shape index (κ3) is 9.93. The molecule has 43 heavy (non-hydrogen) atoms. The number of halogens is 1. The van der Waals surface area contributed by atoms with Crippen LogP contribution in [-0.4, -0.2) is 72.2 Å². The molecule has 0 unspecified atom stereocenters. The molecule has 11 nitrogen and oxygen atoms in total. The molecule has 1 aromatic heterocycles. The number of anilines is 3. The van der Waals surface area contributed by atoms with Crippen LogP contribution < -0.4 is 15.4 Å². The number of aromatic nitrogens is 2. The van der Waals surface area contributed by atoms with Crippen molar-refractivity contribution < 1.29 is 28.6 Å². The summed E-state index contributed by atoms with van der Waals surface area (Å²) in [5.41, 5.74) is 1.78. The number of fused-ring (bicyclic) bond motifs is 1. The summed E-state index contributed by atoms with van der Waals surface area (Å²) in [5.74, 6) is 0.356. The highest BCUT2D eigenvalue weighted by molar-refractivity contribution is 6.33. The Kier molecular flexibility index (Phi) is 11.7. The number of esters is 2. The van der Waals surface area contributed by atoms with Gasteiger partial charge in [-0.2, -0.15) is 0 Å². The Balaban J connectivity index is 1.50. The number of para-hydroxylation sites is 1. The van der Waals surface area contributed by atoms with Crippen molar-refractivity contribution in [3.63, 3.8) is 0 Å². The Bertz CT molecular complexity index is 1460. The van der Waals surface area contributed by atoms with Crippen LogP contribution in [0.15, 0.2) is 54.9 Å². The number of rotatable bonds is 16. The molecule has 0 radical (unpaired) electrons. The second-order valence-electron chi connectivity index (χ2n) is 9.93. The van der Waals surface area contributed by atoms with Gasteiger partial charge >= 0.3 is 11.9 Å². The van der Waals surface area contributed by atoms with E-state index in [1.165, 1.54) is 12.4 Å². The number of hydrogen-bond acceptors (Lipinski definition) is 10. The molecular weight excluding hydrogens is 574 g/mol. The molecule has 2 N–H and O–H groups in total. The van der Waals surface area contributed by atoms with Crippen molar-refractivity contribution in [2.24, 2.45) is 5.92 Å². The van der Waals surface area contributed by atoms with Gasteiger partial charge in [0.25, 0.3) is 0 Å². The minimum atomic E-state index is -0.416. The van der Waals surface area contributed by atoms with E-state index in [0.717, 1.165) is 12.8 Å². The molecule has 0 aliphatic heterocycles. The molecule has 1 amide bonds. The first-order valence-electron chi connectivity index (χ1n) is 14.3. The summed E-state index contributed by atoms with van der Waals surface area (Å²) >= 11 is 6.35. The van der Waals surface area contributed by atoms with Gasteiger partial charge in [-0.3, -0.25) is 19.3 Å². The van der Waals surface area contributed by atoms with Crippen molar-refractivity contribution in [2.45, 2.75) is 33.1 Å². The van der Waals surface area contributed by atoms with Gasteiger partial charge in [-0.1, -0.05) is 29.8 Å². The van der Waals surface area contributed by atoms with Crippen molar-refractivity contribution in [2.75, 3.05) is 50.1 Å². The van der Waals surface area contributed by atoms with Crippen molar-refractivity contribution in [3.8, 4) is 5.75 Å². The number of carbonyl (C=O) groups is 3. The lowest BCUT2D eigenvalue weighted by atomic mass is 10.1. The van der Waals surface area contributed by atoms with E-state index in [1.807, 2.05) is 18.2 Å². The first-order chi connectivity index (χ1) is 20.9. The molecule has 3 aromatic rings.